The first kappa shape index (κ1) is 19.9. The number of hydrogen-bond donors (Lipinski definition) is 0. The zero-order valence-electron chi connectivity index (χ0n) is 14.3. The van der Waals surface area contributed by atoms with Crippen LogP contribution in [0.5, 0.6) is 11.8 Å². The van der Waals surface area contributed by atoms with Gasteiger partial charge in [-0.05, 0) is 22.6 Å². The molecule has 0 saturated heterocycles. The Labute approximate surface area is 155 Å². The molecule has 1 atom stereocenters. The highest BCUT2D eigenvalue weighted by Gasteiger charge is 2.41. The number of hydrogen-bond acceptors (Lipinski definition) is 6. The van der Waals surface area contributed by atoms with Crippen molar-refractivity contribution in [1.29, 1.82) is 0 Å². The highest BCUT2D eigenvalue weighted by atomic mass is 19.3. The average molecular weight is 405 g/mol. The molecule has 1 aromatic carbocycles. The molecule has 0 radical (unpaired) electrons. The molecular formula is C16H15F4N3O5. The van der Waals surface area contributed by atoms with Crippen molar-refractivity contribution in [2.24, 2.45) is 0 Å². The van der Waals surface area contributed by atoms with Crippen molar-refractivity contribution >= 4 is 5.82 Å². The SMILES string of the molecule is O=[N+]([O-])c1cn2c(n1)OCC(OCc1ccc(OCC(F)(F)C(F)F)cc1)C2. The van der Waals surface area contributed by atoms with Crippen molar-refractivity contribution in [1.82, 2.24) is 9.55 Å². The Hall–Kier alpha value is -2.89. The number of nitrogens with zero attached hydrogens (tertiary/aromatic N) is 3. The summed E-state index contributed by atoms with van der Waals surface area (Å²) in [5, 5.41) is 10.7. The summed E-state index contributed by atoms with van der Waals surface area (Å²) in [5.74, 6) is -4.51. The largest absolute Gasteiger partial charge is 0.487 e. The van der Waals surface area contributed by atoms with Crippen molar-refractivity contribution in [3.63, 3.8) is 0 Å². The van der Waals surface area contributed by atoms with Crippen LogP contribution in [-0.4, -0.2) is 46.1 Å². The molecule has 12 heteroatoms. The second kappa shape index (κ2) is 8.00. The summed E-state index contributed by atoms with van der Waals surface area (Å²) < 4.78 is 67.0. The minimum atomic E-state index is -4.22. The molecule has 0 saturated carbocycles. The number of alkyl halides is 4. The molecule has 2 heterocycles. The standard InChI is InChI=1S/C16H15F4N3O5/c17-14(18)16(19,20)9-28-11-3-1-10(2-4-11)7-26-12-5-22-6-13(23(24)25)21-15(22)27-8-12/h1-4,6,12,14H,5,7-9H2. The fraction of sp³-hybridized carbons (Fsp3) is 0.438. The number of ether oxygens (including phenoxy) is 3. The monoisotopic (exact) mass is 405 g/mol. The van der Waals surface area contributed by atoms with Crippen molar-refractivity contribution in [3.05, 3.63) is 46.1 Å². The molecule has 3 rings (SSSR count). The quantitative estimate of drug-likeness (QED) is 0.381. The number of fused-ring (bicyclic) bond motifs is 1. The zero-order valence-corrected chi connectivity index (χ0v) is 14.3. The van der Waals surface area contributed by atoms with Gasteiger partial charge < -0.3 is 24.3 Å². The van der Waals surface area contributed by atoms with Crippen LogP contribution in [-0.2, 0) is 17.9 Å². The van der Waals surface area contributed by atoms with Crippen LogP contribution in [0.4, 0.5) is 23.4 Å². The van der Waals surface area contributed by atoms with E-state index >= 15 is 0 Å². The normalized spacial score (nSPS) is 16.5. The second-order valence-electron chi connectivity index (χ2n) is 6.03. The molecular weight excluding hydrogens is 390 g/mol. The molecule has 2 aromatic rings. The number of aromatic nitrogens is 2. The predicted octanol–water partition coefficient (Wildman–Crippen LogP) is 3.05. The van der Waals surface area contributed by atoms with Gasteiger partial charge in [-0.25, -0.2) is 8.78 Å². The molecule has 0 spiro atoms. The van der Waals surface area contributed by atoms with E-state index in [0.717, 1.165) is 0 Å². The van der Waals surface area contributed by atoms with Crippen LogP contribution in [0.25, 0.3) is 0 Å². The van der Waals surface area contributed by atoms with Crippen molar-refractivity contribution in [3.8, 4) is 11.8 Å². The fourth-order valence-corrected chi connectivity index (χ4v) is 2.40. The van der Waals surface area contributed by atoms with Gasteiger partial charge in [0.25, 0.3) is 0 Å². The van der Waals surface area contributed by atoms with Crippen LogP contribution in [0.2, 0.25) is 0 Å². The lowest BCUT2D eigenvalue weighted by molar-refractivity contribution is -0.389. The second-order valence-corrected chi connectivity index (χ2v) is 6.03. The third kappa shape index (κ3) is 4.68. The lowest BCUT2D eigenvalue weighted by atomic mass is 10.2. The van der Waals surface area contributed by atoms with Gasteiger partial charge in [0.1, 0.15) is 24.7 Å². The van der Waals surface area contributed by atoms with Crippen LogP contribution in [0.1, 0.15) is 5.56 Å². The number of nitro groups is 1. The molecule has 152 valence electrons. The van der Waals surface area contributed by atoms with Gasteiger partial charge in [-0.3, -0.25) is 4.57 Å². The zero-order chi connectivity index (χ0) is 20.3. The minimum absolute atomic E-state index is 0.0282. The molecule has 1 aromatic heterocycles. The summed E-state index contributed by atoms with van der Waals surface area (Å²) in [6.45, 7) is -0.773. The predicted molar refractivity (Wildman–Crippen MR) is 85.8 cm³/mol. The van der Waals surface area contributed by atoms with Gasteiger partial charge in [0.15, 0.2) is 6.61 Å². The van der Waals surface area contributed by atoms with Gasteiger partial charge in [0.05, 0.1) is 13.2 Å². The van der Waals surface area contributed by atoms with Crippen LogP contribution >= 0.6 is 0 Å². The van der Waals surface area contributed by atoms with Gasteiger partial charge in [0, 0.05) is 4.98 Å². The Morgan fingerprint density at radius 2 is 2.07 bits per heavy atom. The maximum atomic E-state index is 12.8. The molecule has 8 nitrogen and oxygen atoms in total. The Kier molecular flexibility index (Phi) is 5.68. The highest BCUT2D eigenvalue weighted by molar-refractivity contribution is 5.27. The first-order valence-corrected chi connectivity index (χ1v) is 8.08. The molecule has 1 aliphatic heterocycles. The van der Waals surface area contributed by atoms with Crippen molar-refractivity contribution in [2.75, 3.05) is 13.2 Å². The first-order valence-electron chi connectivity index (χ1n) is 8.08. The Morgan fingerprint density at radius 1 is 1.36 bits per heavy atom. The number of benzene rings is 1. The van der Waals surface area contributed by atoms with E-state index in [2.05, 4.69) is 9.72 Å². The molecule has 28 heavy (non-hydrogen) atoms. The van der Waals surface area contributed by atoms with E-state index < -0.39 is 23.9 Å². The van der Waals surface area contributed by atoms with Gasteiger partial charge in [0.2, 0.25) is 0 Å². The summed E-state index contributed by atoms with van der Waals surface area (Å²) in [5.41, 5.74) is 0.690. The van der Waals surface area contributed by atoms with Crippen LogP contribution < -0.4 is 9.47 Å². The van der Waals surface area contributed by atoms with E-state index in [1.807, 2.05) is 0 Å². The van der Waals surface area contributed by atoms with E-state index in [-0.39, 0.29) is 36.9 Å². The van der Waals surface area contributed by atoms with E-state index in [0.29, 0.717) is 12.1 Å². The maximum absolute atomic E-state index is 12.8. The Morgan fingerprint density at radius 3 is 2.71 bits per heavy atom. The first-order chi connectivity index (χ1) is 13.2. The lowest BCUT2D eigenvalue weighted by Crippen LogP contribution is -2.33. The molecule has 1 aliphatic rings. The highest BCUT2D eigenvalue weighted by Crippen LogP contribution is 2.25. The molecule has 1 unspecified atom stereocenters. The van der Waals surface area contributed by atoms with Crippen LogP contribution in [0.3, 0.4) is 0 Å². The topological polar surface area (TPSA) is 88.7 Å². The summed E-state index contributed by atoms with van der Waals surface area (Å²) >= 11 is 0. The van der Waals surface area contributed by atoms with E-state index in [1.165, 1.54) is 22.9 Å². The molecule has 0 fully saturated rings. The smallest absolute Gasteiger partial charge is 0.414 e. The summed E-state index contributed by atoms with van der Waals surface area (Å²) in [6, 6.07) is 5.98. The number of imidazole rings is 1. The summed E-state index contributed by atoms with van der Waals surface area (Å²) in [7, 11) is 0. The fourth-order valence-electron chi connectivity index (χ4n) is 2.40. The maximum Gasteiger partial charge on any atom is 0.414 e. The third-order valence-corrected chi connectivity index (χ3v) is 3.87. The third-order valence-electron chi connectivity index (χ3n) is 3.87. The molecule has 0 amide bonds. The van der Waals surface area contributed by atoms with E-state index in [1.54, 1.807) is 12.1 Å². The van der Waals surface area contributed by atoms with Gasteiger partial charge in [-0.1, -0.05) is 12.1 Å². The molecule has 0 aliphatic carbocycles. The van der Waals surface area contributed by atoms with E-state index in [9.17, 15) is 27.7 Å². The van der Waals surface area contributed by atoms with Crippen molar-refractivity contribution < 1.29 is 36.7 Å². The van der Waals surface area contributed by atoms with Crippen LogP contribution in [0.15, 0.2) is 30.5 Å². The van der Waals surface area contributed by atoms with Gasteiger partial charge in [-0.15, -0.1) is 0 Å². The van der Waals surface area contributed by atoms with Gasteiger partial charge in [-0.2, -0.15) is 8.78 Å². The Bertz CT molecular complexity index is 828. The minimum Gasteiger partial charge on any atom is -0.487 e. The van der Waals surface area contributed by atoms with Gasteiger partial charge >= 0.3 is 24.2 Å². The van der Waals surface area contributed by atoms with Crippen LogP contribution in [0, 0.1) is 10.1 Å². The molecule has 0 N–H and O–H groups in total. The summed E-state index contributed by atoms with van der Waals surface area (Å²) in [4.78, 5) is 13.8. The van der Waals surface area contributed by atoms with Crippen molar-refractivity contribution in [2.45, 2.75) is 31.6 Å². The average Bonchev–Trinajstić information content (AvgIpc) is 3.09. The molecule has 0 bridgehead atoms. The number of halogens is 4. The Balaban J connectivity index is 1.49. The number of rotatable bonds is 8. The summed E-state index contributed by atoms with van der Waals surface area (Å²) in [6.07, 6.45) is -2.91. The lowest BCUT2D eigenvalue weighted by Gasteiger charge is -2.22. The van der Waals surface area contributed by atoms with E-state index in [4.69, 9.17) is 9.47 Å².